The van der Waals surface area contributed by atoms with Crippen molar-refractivity contribution in [1.29, 1.82) is 0 Å². The Kier molecular flexibility index (Phi) is 3.29. The summed E-state index contributed by atoms with van der Waals surface area (Å²) in [7, 11) is 0. The van der Waals surface area contributed by atoms with Crippen molar-refractivity contribution in [2.45, 2.75) is 0 Å². The zero-order chi connectivity index (χ0) is 12.3. The third kappa shape index (κ3) is 2.97. The molecule has 2 aromatic heterocycles. The summed E-state index contributed by atoms with van der Waals surface area (Å²) < 4.78 is 6.05. The Morgan fingerprint density at radius 1 is 1.41 bits per heavy atom. The van der Waals surface area contributed by atoms with E-state index in [2.05, 4.69) is 31.1 Å². The molecule has 0 saturated carbocycles. The number of carboxylic acids is 1. The van der Waals surface area contributed by atoms with Crippen molar-refractivity contribution in [3.8, 4) is 11.6 Å². The summed E-state index contributed by atoms with van der Waals surface area (Å²) in [5.41, 5.74) is 0.524. The smallest absolute Gasteiger partial charge is 0.328 e. The lowest BCUT2D eigenvalue weighted by Crippen LogP contribution is -1.85. The van der Waals surface area contributed by atoms with Crippen LogP contribution in [0.5, 0.6) is 0 Å². The SMILES string of the molecule is O=C(O)/C=C/c1nnc(-c2ccc(Br)cn2)o1. The van der Waals surface area contributed by atoms with Crippen molar-refractivity contribution in [3.63, 3.8) is 0 Å². The molecule has 2 rings (SSSR count). The molecule has 0 unspecified atom stereocenters. The highest BCUT2D eigenvalue weighted by atomic mass is 79.9. The van der Waals surface area contributed by atoms with E-state index in [4.69, 9.17) is 9.52 Å². The maximum Gasteiger partial charge on any atom is 0.328 e. The fourth-order valence-electron chi connectivity index (χ4n) is 1.05. The largest absolute Gasteiger partial charge is 0.478 e. The topological polar surface area (TPSA) is 89.1 Å². The summed E-state index contributed by atoms with van der Waals surface area (Å²) in [6.45, 7) is 0. The molecule has 7 heteroatoms. The molecule has 86 valence electrons. The second-order valence-corrected chi connectivity index (χ2v) is 3.89. The van der Waals surface area contributed by atoms with Crippen molar-refractivity contribution < 1.29 is 14.3 Å². The van der Waals surface area contributed by atoms with Crippen LogP contribution in [0.2, 0.25) is 0 Å². The van der Waals surface area contributed by atoms with E-state index in [1.165, 1.54) is 6.08 Å². The first-order valence-electron chi connectivity index (χ1n) is 4.51. The van der Waals surface area contributed by atoms with Crippen LogP contribution in [0.15, 0.2) is 33.3 Å². The molecule has 0 saturated heterocycles. The molecule has 17 heavy (non-hydrogen) atoms. The Bertz CT molecular complexity index is 562. The zero-order valence-corrected chi connectivity index (χ0v) is 9.96. The average Bonchev–Trinajstić information content (AvgIpc) is 2.76. The Morgan fingerprint density at radius 2 is 2.24 bits per heavy atom. The maximum atomic E-state index is 10.3. The van der Waals surface area contributed by atoms with Gasteiger partial charge in [0.05, 0.1) is 0 Å². The quantitative estimate of drug-likeness (QED) is 0.871. The molecule has 0 amide bonds. The van der Waals surface area contributed by atoms with Crippen LogP contribution in [0, 0.1) is 0 Å². The van der Waals surface area contributed by atoms with Crippen LogP contribution in [0.25, 0.3) is 17.7 Å². The monoisotopic (exact) mass is 295 g/mol. The summed E-state index contributed by atoms with van der Waals surface area (Å²) in [5, 5.41) is 15.9. The number of pyridine rings is 1. The van der Waals surface area contributed by atoms with E-state index in [0.29, 0.717) is 5.69 Å². The lowest BCUT2D eigenvalue weighted by Gasteiger charge is -1.92. The number of aromatic nitrogens is 3. The first kappa shape index (κ1) is 11.5. The third-order valence-electron chi connectivity index (χ3n) is 1.76. The van der Waals surface area contributed by atoms with Crippen molar-refractivity contribution in [2.75, 3.05) is 0 Å². The lowest BCUT2D eigenvalue weighted by molar-refractivity contribution is -0.131. The van der Waals surface area contributed by atoms with Crippen LogP contribution in [0.4, 0.5) is 0 Å². The van der Waals surface area contributed by atoms with Crippen LogP contribution >= 0.6 is 15.9 Å². The Balaban J connectivity index is 2.23. The number of carbonyl (C=O) groups is 1. The van der Waals surface area contributed by atoms with Gasteiger partial charge in [0, 0.05) is 22.8 Å². The van der Waals surface area contributed by atoms with Crippen LogP contribution < -0.4 is 0 Å². The highest BCUT2D eigenvalue weighted by Gasteiger charge is 2.07. The molecule has 1 N–H and O–H groups in total. The third-order valence-corrected chi connectivity index (χ3v) is 2.22. The minimum absolute atomic E-state index is 0.118. The zero-order valence-electron chi connectivity index (χ0n) is 8.37. The highest BCUT2D eigenvalue weighted by molar-refractivity contribution is 9.10. The minimum Gasteiger partial charge on any atom is -0.478 e. The van der Waals surface area contributed by atoms with Crippen LogP contribution in [0.3, 0.4) is 0 Å². The fraction of sp³-hybridized carbons (Fsp3) is 0. The maximum absolute atomic E-state index is 10.3. The summed E-state index contributed by atoms with van der Waals surface area (Å²) in [4.78, 5) is 14.4. The summed E-state index contributed by atoms with van der Waals surface area (Å²) in [6, 6.07) is 3.50. The van der Waals surface area contributed by atoms with Crippen LogP contribution in [-0.2, 0) is 4.79 Å². The van der Waals surface area contributed by atoms with E-state index in [1.54, 1.807) is 18.3 Å². The van der Waals surface area contributed by atoms with E-state index in [9.17, 15) is 4.79 Å². The molecular weight excluding hydrogens is 290 g/mol. The normalized spacial score (nSPS) is 10.9. The molecule has 0 atom stereocenters. The van der Waals surface area contributed by atoms with E-state index >= 15 is 0 Å². The predicted molar refractivity (Wildman–Crippen MR) is 61.9 cm³/mol. The molecule has 0 spiro atoms. The van der Waals surface area contributed by atoms with Gasteiger partial charge >= 0.3 is 5.97 Å². The van der Waals surface area contributed by atoms with Crippen LogP contribution in [-0.4, -0.2) is 26.3 Å². The van der Waals surface area contributed by atoms with Crippen molar-refractivity contribution in [3.05, 3.63) is 34.8 Å². The Labute approximate surface area is 104 Å². The van der Waals surface area contributed by atoms with Gasteiger partial charge in [0.15, 0.2) is 0 Å². The minimum atomic E-state index is -1.08. The Morgan fingerprint density at radius 3 is 2.88 bits per heavy atom. The lowest BCUT2D eigenvalue weighted by atomic mass is 10.3. The van der Waals surface area contributed by atoms with Gasteiger partial charge in [-0.2, -0.15) is 0 Å². The van der Waals surface area contributed by atoms with Gasteiger partial charge in [0.2, 0.25) is 5.89 Å². The van der Waals surface area contributed by atoms with Gasteiger partial charge in [-0.05, 0) is 28.1 Å². The van der Waals surface area contributed by atoms with Gasteiger partial charge in [-0.15, -0.1) is 10.2 Å². The molecule has 0 aliphatic carbocycles. The van der Waals surface area contributed by atoms with Gasteiger partial charge in [-0.3, -0.25) is 0 Å². The molecule has 2 aromatic rings. The average molecular weight is 296 g/mol. The highest BCUT2D eigenvalue weighted by Crippen LogP contribution is 2.17. The molecular formula is C10H6BrN3O3. The predicted octanol–water partition coefficient (Wildman–Crippen LogP) is 1.99. The summed E-state index contributed by atoms with van der Waals surface area (Å²) in [6.07, 6.45) is 3.75. The summed E-state index contributed by atoms with van der Waals surface area (Å²) >= 11 is 3.26. The molecule has 0 bridgehead atoms. The van der Waals surface area contributed by atoms with Crippen molar-refractivity contribution in [1.82, 2.24) is 15.2 Å². The second-order valence-electron chi connectivity index (χ2n) is 2.98. The Hall–Kier alpha value is -2.02. The molecule has 0 radical (unpaired) electrons. The van der Waals surface area contributed by atoms with Gasteiger partial charge < -0.3 is 9.52 Å². The van der Waals surface area contributed by atoms with E-state index < -0.39 is 5.97 Å². The number of rotatable bonds is 3. The number of hydrogen-bond acceptors (Lipinski definition) is 5. The van der Waals surface area contributed by atoms with Gasteiger partial charge in [0.1, 0.15) is 5.69 Å². The standard InChI is InChI=1S/C10H6BrN3O3/c11-6-1-2-7(12-5-6)10-14-13-8(17-10)3-4-9(15)16/h1-5H,(H,15,16)/b4-3+. The van der Waals surface area contributed by atoms with E-state index in [0.717, 1.165) is 10.5 Å². The molecule has 0 fully saturated rings. The van der Waals surface area contributed by atoms with Crippen LogP contribution in [0.1, 0.15) is 5.89 Å². The van der Waals surface area contributed by atoms with Gasteiger partial charge in [-0.25, -0.2) is 9.78 Å². The number of nitrogens with zero attached hydrogens (tertiary/aromatic N) is 3. The first-order valence-corrected chi connectivity index (χ1v) is 5.31. The fourth-order valence-corrected chi connectivity index (χ4v) is 1.28. The number of halogens is 1. The first-order chi connectivity index (χ1) is 8.15. The van der Waals surface area contributed by atoms with E-state index in [1.807, 2.05) is 0 Å². The number of carboxylic acid groups (broad SMARTS) is 1. The van der Waals surface area contributed by atoms with Crippen molar-refractivity contribution >= 4 is 28.0 Å². The number of hydrogen-bond donors (Lipinski definition) is 1. The van der Waals surface area contributed by atoms with Gasteiger partial charge in [0.25, 0.3) is 5.89 Å². The molecule has 2 heterocycles. The molecule has 0 aliphatic rings. The van der Waals surface area contributed by atoms with E-state index in [-0.39, 0.29) is 11.8 Å². The summed E-state index contributed by atoms with van der Waals surface area (Å²) in [5.74, 6) is -0.721. The number of aliphatic carboxylic acids is 1. The van der Waals surface area contributed by atoms with Crippen molar-refractivity contribution in [2.24, 2.45) is 0 Å². The molecule has 0 aromatic carbocycles. The molecule has 6 nitrogen and oxygen atoms in total. The molecule has 0 aliphatic heterocycles. The van der Waals surface area contributed by atoms with Gasteiger partial charge in [-0.1, -0.05) is 0 Å². The second kappa shape index (κ2) is 4.88.